The van der Waals surface area contributed by atoms with Gasteiger partial charge in [0.25, 0.3) is 0 Å². The summed E-state index contributed by atoms with van der Waals surface area (Å²) in [6.45, 7) is 5.98. The quantitative estimate of drug-likeness (QED) is 0.185. The molecule has 1 aromatic carbocycles. The minimum absolute atomic E-state index is 0.133. The number of fused-ring (bicyclic) bond motifs is 1. The monoisotopic (exact) mass is 666 g/mol. The SMILES string of the molecule is CO[C@@H](C)c1ncc(I)cc1-c1c(CC(C)(C)COC(C)=O)c2cc(Br)ccc2n1CC(F)(F)F. The lowest BCUT2D eigenvalue weighted by Gasteiger charge is -2.25. The summed E-state index contributed by atoms with van der Waals surface area (Å²) in [4.78, 5) is 16.0. The van der Waals surface area contributed by atoms with Gasteiger partial charge in [-0.2, -0.15) is 13.2 Å². The van der Waals surface area contributed by atoms with Crippen LogP contribution in [0.3, 0.4) is 0 Å². The van der Waals surface area contributed by atoms with Crippen LogP contribution in [0, 0.1) is 8.99 Å². The first-order chi connectivity index (χ1) is 16.2. The number of carbonyl (C=O) groups excluding carboxylic acids is 1. The molecule has 0 saturated heterocycles. The molecule has 1 atom stereocenters. The first-order valence-corrected chi connectivity index (χ1v) is 12.8. The lowest BCUT2D eigenvalue weighted by Crippen LogP contribution is -2.24. The molecule has 2 heterocycles. The van der Waals surface area contributed by atoms with Crippen LogP contribution in [0.25, 0.3) is 22.2 Å². The molecule has 5 nitrogen and oxygen atoms in total. The van der Waals surface area contributed by atoms with E-state index in [9.17, 15) is 18.0 Å². The first kappa shape index (κ1) is 27.9. The standard InChI is InChI=1S/C25H27BrF3IN2O3/c1-14(34-5)22-19(9-17(30)11-31-22)23-20(10-24(3,4)13-35-15(2)33)18-8-16(26)6-7-21(18)32(23)12-25(27,28)29/h6-9,11,14H,10,12-13H2,1-5H3/t14-/m0/s1. The van der Waals surface area contributed by atoms with Crippen LogP contribution in [0.5, 0.6) is 0 Å². The lowest BCUT2D eigenvalue weighted by molar-refractivity contribution is -0.144. The van der Waals surface area contributed by atoms with Crippen molar-refractivity contribution in [3.05, 3.63) is 49.8 Å². The highest BCUT2D eigenvalue weighted by Crippen LogP contribution is 2.42. The molecular formula is C25H27BrF3IN2O3. The van der Waals surface area contributed by atoms with Gasteiger partial charge in [-0.1, -0.05) is 29.8 Å². The van der Waals surface area contributed by atoms with E-state index in [1.165, 1.54) is 11.5 Å². The highest BCUT2D eigenvalue weighted by molar-refractivity contribution is 14.1. The van der Waals surface area contributed by atoms with Crippen LogP contribution < -0.4 is 0 Å². The minimum atomic E-state index is -4.44. The molecule has 3 rings (SSSR count). The molecule has 0 aliphatic carbocycles. The fourth-order valence-electron chi connectivity index (χ4n) is 4.13. The maximum absolute atomic E-state index is 13.9. The predicted octanol–water partition coefficient (Wildman–Crippen LogP) is 7.47. The van der Waals surface area contributed by atoms with E-state index < -0.39 is 30.2 Å². The van der Waals surface area contributed by atoms with Gasteiger partial charge in [-0.05, 0) is 65.8 Å². The van der Waals surface area contributed by atoms with Gasteiger partial charge < -0.3 is 14.0 Å². The number of rotatable bonds is 8. The second kappa shape index (κ2) is 10.8. The molecule has 2 aromatic heterocycles. The second-order valence-corrected chi connectivity index (χ2v) is 11.4. The smallest absolute Gasteiger partial charge is 0.406 e. The molecule has 0 aliphatic heterocycles. The van der Waals surface area contributed by atoms with E-state index in [1.807, 2.05) is 32.9 Å². The number of benzene rings is 1. The minimum Gasteiger partial charge on any atom is -0.465 e. The number of nitrogens with zero attached hydrogens (tertiary/aromatic N) is 2. The largest absolute Gasteiger partial charge is 0.465 e. The molecule has 3 aromatic rings. The van der Waals surface area contributed by atoms with Crippen molar-refractivity contribution in [2.75, 3.05) is 13.7 Å². The van der Waals surface area contributed by atoms with E-state index in [-0.39, 0.29) is 6.61 Å². The summed E-state index contributed by atoms with van der Waals surface area (Å²) >= 11 is 5.58. The van der Waals surface area contributed by atoms with Gasteiger partial charge in [0.05, 0.1) is 24.1 Å². The Bertz CT molecular complexity index is 1240. The Morgan fingerprint density at radius 2 is 1.94 bits per heavy atom. The van der Waals surface area contributed by atoms with Crippen molar-refractivity contribution in [2.45, 2.75) is 52.9 Å². The summed E-state index contributed by atoms with van der Waals surface area (Å²) in [5.41, 5.74) is 2.24. The molecular weight excluding hydrogens is 640 g/mol. The Morgan fingerprint density at radius 1 is 1.26 bits per heavy atom. The van der Waals surface area contributed by atoms with Gasteiger partial charge in [-0.15, -0.1) is 0 Å². The number of carbonyl (C=O) groups is 1. The van der Waals surface area contributed by atoms with E-state index in [0.717, 1.165) is 13.6 Å². The number of hydrogen-bond donors (Lipinski definition) is 0. The third-order valence-electron chi connectivity index (χ3n) is 5.67. The fourth-order valence-corrected chi connectivity index (χ4v) is 4.94. The van der Waals surface area contributed by atoms with E-state index >= 15 is 0 Å². The van der Waals surface area contributed by atoms with Gasteiger partial charge in [-0.25, -0.2) is 0 Å². The predicted molar refractivity (Wildman–Crippen MR) is 141 cm³/mol. The Hall–Kier alpha value is -1.66. The van der Waals surface area contributed by atoms with Gasteiger partial charge in [0, 0.05) is 50.2 Å². The number of ether oxygens (including phenoxy) is 2. The van der Waals surface area contributed by atoms with Gasteiger partial charge in [0.1, 0.15) is 6.54 Å². The van der Waals surface area contributed by atoms with Crippen molar-refractivity contribution in [3.8, 4) is 11.3 Å². The van der Waals surface area contributed by atoms with Crippen LogP contribution in [0.15, 0.2) is 34.9 Å². The Balaban J connectivity index is 2.40. The topological polar surface area (TPSA) is 53.4 Å². The van der Waals surface area contributed by atoms with Crippen molar-refractivity contribution in [3.63, 3.8) is 0 Å². The fraction of sp³-hybridized carbons (Fsp3) is 0.440. The highest BCUT2D eigenvalue weighted by atomic mass is 127. The van der Waals surface area contributed by atoms with Crippen LogP contribution in [0.4, 0.5) is 13.2 Å². The molecule has 10 heteroatoms. The maximum Gasteiger partial charge on any atom is 0.406 e. The zero-order chi connectivity index (χ0) is 26.1. The van der Waals surface area contributed by atoms with Gasteiger partial charge in [0.15, 0.2) is 0 Å². The second-order valence-electron chi connectivity index (χ2n) is 9.28. The van der Waals surface area contributed by atoms with Crippen molar-refractivity contribution in [2.24, 2.45) is 5.41 Å². The summed E-state index contributed by atoms with van der Waals surface area (Å²) < 4.78 is 55.3. The van der Waals surface area contributed by atoms with E-state index in [0.29, 0.717) is 34.3 Å². The van der Waals surface area contributed by atoms with E-state index in [4.69, 9.17) is 9.47 Å². The summed E-state index contributed by atoms with van der Waals surface area (Å²) in [5, 5.41) is 0.699. The van der Waals surface area contributed by atoms with E-state index in [2.05, 4.69) is 43.5 Å². The molecule has 0 spiro atoms. The average Bonchev–Trinajstić information content (AvgIpc) is 3.02. The zero-order valence-electron chi connectivity index (χ0n) is 20.1. The maximum atomic E-state index is 13.9. The van der Waals surface area contributed by atoms with Crippen LogP contribution >= 0.6 is 38.5 Å². The number of methoxy groups -OCH3 is 1. The number of pyridine rings is 1. The van der Waals surface area contributed by atoms with Crippen molar-refractivity contribution in [1.29, 1.82) is 0 Å². The lowest BCUT2D eigenvalue weighted by atomic mass is 9.84. The third-order valence-corrected chi connectivity index (χ3v) is 6.75. The molecule has 0 radical (unpaired) electrons. The highest BCUT2D eigenvalue weighted by Gasteiger charge is 2.34. The molecule has 0 fully saturated rings. The normalized spacial score (nSPS) is 13.3. The summed E-state index contributed by atoms with van der Waals surface area (Å²) in [6.07, 6.45) is -2.83. The number of esters is 1. The zero-order valence-corrected chi connectivity index (χ0v) is 23.8. The number of hydrogen-bond acceptors (Lipinski definition) is 4. The molecule has 0 bridgehead atoms. The average molecular weight is 667 g/mol. The molecule has 35 heavy (non-hydrogen) atoms. The number of aromatic nitrogens is 2. The van der Waals surface area contributed by atoms with Crippen LogP contribution in [0.1, 0.15) is 45.1 Å². The van der Waals surface area contributed by atoms with Gasteiger partial charge >= 0.3 is 12.1 Å². The Labute approximate surface area is 224 Å². The van der Waals surface area contributed by atoms with Crippen LogP contribution in [-0.4, -0.2) is 35.4 Å². The third kappa shape index (κ3) is 6.76. The van der Waals surface area contributed by atoms with Crippen molar-refractivity contribution < 1.29 is 27.4 Å². The molecule has 0 saturated carbocycles. The molecule has 190 valence electrons. The van der Waals surface area contributed by atoms with Crippen LogP contribution in [-0.2, 0) is 27.2 Å². The summed E-state index contributed by atoms with van der Waals surface area (Å²) in [5.74, 6) is -0.404. The van der Waals surface area contributed by atoms with Gasteiger partial charge in [0.2, 0.25) is 0 Å². The van der Waals surface area contributed by atoms with E-state index in [1.54, 1.807) is 25.4 Å². The Kier molecular flexibility index (Phi) is 8.58. The van der Waals surface area contributed by atoms with Crippen molar-refractivity contribution >= 4 is 55.4 Å². The molecule has 0 amide bonds. The molecule has 0 aliphatic rings. The molecule has 0 unspecified atom stereocenters. The summed E-state index contributed by atoms with van der Waals surface area (Å²) in [7, 11) is 1.54. The Morgan fingerprint density at radius 3 is 2.54 bits per heavy atom. The number of halogens is 5. The van der Waals surface area contributed by atoms with Crippen molar-refractivity contribution in [1.82, 2.24) is 9.55 Å². The van der Waals surface area contributed by atoms with Crippen LogP contribution in [0.2, 0.25) is 0 Å². The van der Waals surface area contributed by atoms with Gasteiger partial charge in [-0.3, -0.25) is 9.78 Å². The first-order valence-electron chi connectivity index (χ1n) is 10.9. The summed E-state index contributed by atoms with van der Waals surface area (Å²) in [6, 6.07) is 7.11. The number of alkyl halides is 3. The molecule has 0 N–H and O–H groups in total.